The van der Waals surface area contributed by atoms with Crippen LogP contribution < -0.4 is 32.1 Å². The summed E-state index contributed by atoms with van der Waals surface area (Å²) in [6.07, 6.45) is 1.20. The van der Waals surface area contributed by atoms with Crippen LogP contribution in [-0.2, 0) is 36.9 Å². The van der Waals surface area contributed by atoms with Gasteiger partial charge in [-0.3, -0.25) is 28.5 Å². The predicted molar refractivity (Wildman–Crippen MR) is 269 cm³/mol. The lowest BCUT2D eigenvalue weighted by atomic mass is 9.99. The highest BCUT2D eigenvalue weighted by atomic mass is 35.5. The molecular weight excluding hydrogens is 936 g/mol. The van der Waals surface area contributed by atoms with Gasteiger partial charge in [-0.15, -0.1) is 21.5 Å². The molecule has 0 bridgehead atoms. The van der Waals surface area contributed by atoms with Crippen LogP contribution in [0.5, 0.6) is 6.01 Å². The molecule has 1 aliphatic heterocycles. The van der Waals surface area contributed by atoms with Gasteiger partial charge in [0.25, 0.3) is 0 Å². The van der Waals surface area contributed by atoms with Gasteiger partial charge in [0.05, 0.1) is 30.9 Å². The number of aliphatic imine (C=N–C) groups is 1. The van der Waals surface area contributed by atoms with E-state index in [2.05, 4.69) is 54.9 Å². The van der Waals surface area contributed by atoms with Gasteiger partial charge in [0.15, 0.2) is 17.3 Å². The highest BCUT2D eigenvalue weighted by Crippen LogP contribution is 2.40. The highest BCUT2D eigenvalue weighted by Gasteiger charge is 2.34. The number of hydrogen-bond acceptors (Lipinski definition) is 14. The number of methoxy groups -OCH3 is 1. The Morgan fingerprint density at radius 3 is 2.30 bits per heavy atom. The zero-order chi connectivity index (χ0) is 50.3. The SMILES string of the molecule is COCCOc1nc(N)c2[nH]c(=O)n(Cc3ccc(CNC(=O)CCC(=O)NCCC(C)(C)OCCC(C)(C)NC(=O)C[C@@H]4N=C(c5ccc(Cl)cc5)c5c(sc(C)c5C)-n5c(C)nnc54)cc3)c2n1. The summed E-state index contributed by atoms with van der Waals surface area (Å²) in [7, 11) is 1.55. The number of aromatic amines is 1. The van der Waals surface area contributed by atoms with Crippen LogP contribution in [0.1, 0.15) is 110 Å². The van der Waals surface area contributed by atoms with Crippen LogP contribution in [0.25, 0.3) is 16.2 Å². The molecule has 0 radical (unpaired) electrons. The summed E-state index contributed by atoms with van der Waals surface area (Å²) in [6.45, 7) is 15.7. The van der Waals surface area contributed by atoms with Crippen LogP contribution in [-0.4, -0.2) is 102 Å². The minimum atomic E-state index is -0.604. The number of fused-ring (bicyclic) bond motifs is 4. The topological polar surface area (TPSA) is 248 Å². The van der Waals surface area contributed by atoms with Crippen molar-refractivity contribution in [2.24, 2.45) is 4.99 Å². The third-order valence-corrected chi connectivity index (χ3v) is 13.5. The number of carbonyl (C=O) groups is 3. The number of nitrogens with one attached hydrogen (secondary N) is 4. The van der Waals surface area contributed by atoms with E-state index in [1.807, 2.05) is 87.7 Å². The van der Waals surface area contributed by atoms with Crippen molar-refractivity contribution in [3.8, 4) is 11.0 Å². The lowest BCUT2D eigenvalue weighted by molar-refractivity contribution is -0.126. The molecule has 0 saturated carbocycles. The van der Waals surface area contributed by atoms with E-state index in [-0.39, 0.29) is 68.5 Å². The van der Waals surface area contributed by atoms with Crippen molar-refractivity contribution in [1.29, 1.82) is 0 Å². The van der Waals surface area contributed by atoms with Gasteiger partial charge in [-0.1, -0.05) is 48.0 Å². The number of thiophene rings is 1. The first-order valence-electron chi connectivity index (χ1n) is 23.1. The van der Waals surface area contributed by atoms with Gasteiger partial charge in [-0.05, 0) is 90.1 Å². The molecule has 0 spiro atoms. The number of aromatic nitrogens is 7. The van der Waals surface area contributed by atoms with Crippen molar-refractivity contribution in [1.82, 2.24) is 50.2 Å². The van der Waals surface area contributed by atoms with Gasteiger partial charge in [0.1, 0.15) is 29.0 Å². The van der Waals surface area contributed by atoms with Gasteiger partial charge in [-0.2, -0.15) is 9.97 Å². The number of amides is 3. The first-order chi connectivity index (χ1) is 33.3. The third-order valence-electron chi connectivity index (χ3n) is 12.1. The third kappa shape index (κ3) is 12.6. The van der Waals surface area contributed by atoms with E-state index in [0.29, 0.717) is 54.6 Å². The Bertz CT molecular complexity index is 2940. The Kier molecular flexibility index (Phi) is 16.2. The molecule has 0 fully saturated rings. The zero-order valence-corrected chi connectivity index (χ0v) is 42.4. The molecule has 372 valence electrons. The number of halogens is 1. The largest absolute Gasteiger partial charge is 0.461 e. The van der Waals surface area contributed by atoms with Crippen LogP contribution >= 0.6 is 22.9 Å². The van der Waals surface area contributed by atoms with Crippen LogP contribution in [0, 0.1) is 20.8 Å². The van der Waals surface area contributed by atoms with Gasteiger partial charge in [0.2, 0.25) is 17.7 Å². The van der Waals surface area contributed by atoms with E-state index in [4.69, 9.17) is 36.5 Å². The molecule has 19 nitrogen and oxygen atoms in total. The Labute approximate surface area is 415 Å². The van der Waals surface area contributed by atoms with E-state index in [9.17, 15) is 19.2 Å². The first-order valence-corrected chi connectivity index (χ1v) is 24.3. The van der Waals surface area contributed by atoms with Crippen LogP contribution in [0.3, 0.4) is 0 Å². The summed E-state index contributed by atoms with van der Waals surface area (Å²) in [4.78, 5) is 69.5. The average Bonchev–Trinajstić information content (AvgIpc) is 3.91. The molecule has 7 rings (SSSR count). The van der Waals surface area contributed by atoms with Crippen molar-refractivity contribution in [3.05, 3.63) is 108 Å². The van der Waals surface area contributed by atoms with Gasteiger partial charge >= 0.3 is 11.7 Å². The summed E-state index contributed by atoms with van der Waals surface area (Å²) in [5.74, 6) is 0.762. The number of anilines is 1. The predicted octanol–water partition coefficient (Wildman–Crippen LogP) is 5.96. The summed E-state index contributed by atoms with van der Waals surface area (Å²) in [5.41, 5.74) is 10.6. The fourth-order valence-corrected chi connectivity index (χ4v) is 9.30. The van der Waals surface area contributed by atoms with Gasteiger partial charge in [0, 0.05) is 66.2 Å². The quantitative estimate of drug-likeness (QED) is 0.0495. The highest BCUT2D eigenvalue weighted by molar-refractivity contribution is 7.15. The Morgan fingerprint density at radius 1 is 0.886 bits per heavy atom. The summed E-state index contributed by atoms with van der Waals surface area (Å²) < 4.78 is 20.2. The minimum Gasteiger partial charge on any atom is -0.461 e. The van der Waals surface area contributed by atoms with Gasteiger partial charge < -0.3 is 40.9 Å². The van der Waals surface area contributed by atoms with E-state index in [1.54, 1.807) is 18.4 Å². The van der Waals surface area contributed by atoms with Crippen molar-refractivity contribution >= 4 is 63.4 Å². The minimum absolute atomic E-state index is 0.0292. The van der Waals surface area contributed by atoms with Crippen molar-refractivity contribution < 1.29 is 28.6 Å². The first kappa shape index (κ1) is 51.4. The van der Waals surface area contributed by atoms with Crippen molar-refractivity contribution in [2.75, 3.05) is 39.2 Å². The number of nitrogens with zero attached hydrogens (tertiary/aromatic N) is 7. The van der Waals surface area contributed by atoms with Crippen molar-refractivity contribution in [3.63, 3.8) is 0 Å². The maximum absolute atomic E-state index is 13.8. The average molecular weight is 998 g/mol. The van der Waals surface area contributed by atoms with Crippen LogP contribution in [0.2, 0.25) is 5.02 Å². The fourth-order valence-electron chi connectivity index (χ4n) is 7.96. The number of ether oxygens (including phenoxy) is 3. The Hall–Kier alpha value is -6.48. The monoisotopic (exact) mass is 996 g/mol. The molecule has 0 saturated heterocycles. The molecule has 6 N–H and O–H groups in total. The zero-order valence-electron chi connectivity index (χ0n) is 40.8. The standard InChI is InChI=1S/C49H61ClN12O7S/c1-28-29(2)70-45-39(28)40(33-13-15-34(50)16-14-33)54-35(43-60-59-30(3)62(43)45)25-38(65)58-48(4,5)20-22-69-49(6,7)19-21-52-36(63)17-18-37(64)53-26-31-9-11-32(12-10-31)27-61-44-41(55-47(61)66)42(51)56-46(57-44)68-24-23-67-8/h9-16,35H,17-27H2,1-8H3,(H,52,63)(H,53,64)(H,55,66)(H,58,65)(H2,51,56,57)/t35-/m0/s1. The molecule has 21 heteroatoms. The molecule has 1 atom stereocenters. The second kappa shape index (κ2) is 22.1. The fraction of sp³-hybridized carbons (Fsp3) is 0.449. The maximum Gasteiger partial charge on any atom is 0.328 e. The number of nitrogens with two attached hydrogens (primary N) is 1. The maximum atomic E-state index is 13.8. The molecule has 0 unspecified atom stereocenters. The summed E-state index contributed by atoms with van der Waals surface area (Å²) in [5, 5.41) is 19.5. The van der Waals surface area contributed by atoms with E-state index < -0.39 is 22.9 Å². The van der Waals surface area contributed by atoms with Crippen molar-refractivity contribution in [2.45, 2.75) is 111 Å². The molecular formula is C49H61ClN12O7S. The van der Waals surface area contributed by atoms with Gasteiger partial charge in [-0.25, -0.2) is 4.79 Å². The Balaban J connectivity index is 0.823. The second-order valence-corrected chi connectivity index (χ2v) is 20.2. The molecule has 3 amide bonds. The van der Waals surface area contributed by atoms with Crippen LogP contribution in [0.4, 0.5) is 5.82 Å². The summed E-state index contributed by atoms with van der Waals surface area (Å²) in [6, 6.07) is 14.5. The Morgan fingerprint density at radius 2 is 1.59 bits per heavy atom. The van der Waals surface area contributed by atoms with E-state index >= 15 is 0 Å². The number of hydrogen-bond donors (Lipinski definition) is 5. The molecule has 6 aromatic rings. The number of nitrogen functional groups attached to an aromatic ring is 1. The number of carbonyl (C=O) groups excluding carboxylic acids is 3. The smallest absolute Gasteiger partial charge is 0.328 e. The molecule has 70 heavy (non-hydrogen) atoms. The normalized spacial score (nSPS) is 13.6. The lowest BCUT2D eigenvalue weighted by Crippen LogP contribution is -2.45. The lowest BCUT2D eigenvalue weighted by Gasteiger charge is -2.30. The molecule has 4 aromatic heterocycles. The summed E-state index contributed by atoms with van der Waals surface area (Å²) >= 11 is 7.93. The molecule has 2 aromatic carbocycles. The van der Waals surface area contributed by atoms with E-state index in [0.717, 1.165) is 44.4 Å². The number of aryl methyl sites for hydroxylation is 2. The number of benzene rings is 2. The number of imidazole rings is 1. The molecule has 0 aliphatic carbocycles. The van der Waals surface area contributed by atoms with E-state index in [1.165, 1.54) is 9.44 Å². The number of H-pyrrole nitrogens is 1. The molecule has 5 heterocycles. The number of rotatable bonds is 22. The molecule has 1 aliphatic rings. The van der Waals surface area contributed by atoms with Crippen LogP contribution in [0.15, 0.2) is 58.3 Å². The second-order valence-electron chi connectivity index (χ2n) is 18.5.